The molecule has 0 bridgehead atoms. The molecule has 1 aliphatic carbocycles. The lowest BCUT2D eigenvalue weighted by atomic mass is 9.62. The highest BCUT2D eigenvalue weighted by Crippen LogP contribution is 2.53. The van der Waals surface area contributed by atoms with E-state index in [0.29, 0.717) is 17.8 Å². The molecule has 3 aromatic rings. The summed E-state index contributed by atoms with van der Waals surface area (Å²) in [6.07, 6.45) is 2.49. The van der Waals surface area contributed by atoms with Gasteiger partial charge in [-0.25, -0.2) is 0 Å². The molecule has 29 heavy (non-hydrogen) atoms. The van der Waals surface area contributed by atoms with E-state index >= 15 is 0 Å². The highest BCUT2D eigenvalue weighted by Gasteiger charge is 2.45. The molecule has 0 spiro atoms. The smallest absolute Gasteiger partial charge is 0.0865 e. The number of hydrogen-bond donors (Lipinski definition) is 0. The number of ether oxygens (including phenoxy) is 1. The first kappa shape index (κ1) is 18.6. The Morgan fingerprint density at radius 1 is 0.793 bits per heavy atom. The van der Waals surface area contributed by atoms with Gasteiger partial charge >= 0.3 is 0 Å². The molecule has 1 heterocycles. The highest BCUT2D eigenvalue weighted by atomic mass is 16.5. The van der Waals surface area contributed by atoms with E-state index in [1.807, 2.05) is 0 Å². The van der Waals surface area contributed by atoms with Gasteiger partial charge in [0, 0.05) is 18.4 Å². The quantitative estimate of drug-likeness (QED) is 0.479. The minimum atomic E-state index is 0.158. The molecule has 1 saturated heterocycles. The average molecular weight is 383 g/mol. The Hall–Kier alpha value is -2.38. The molecule has 1 heteroatoms. The number of fused-ring (bicyclic) bond motifs is 2. The van der Waals surface area contributed by atoms with Crippen LogP contribution in [0.15, 0.2) is 66.7 Å². The van der Waals surface area contributed by atoms with E-state index in [0.717, 1.165) is 13.0 Å². The summed E-state index contributed by atoms with van der Waals surface area (Å²) in [6, 6.07) is 24.9. The summed E-state index contributed by atoms with van der Waals surface area (Å²) in [7, 11) is 0. The third kappa shape index (κ3) is 3.22. The van der Waals surface area contributed by atoms with Crippen LogP contribution in [0.4, 0.5) is 0 Å². The molecule has 0 saturated carbocycles. The van der Waals surface area contributed by atoms with Gasteiger partial charge in [0.1, 0.15) is 0 Å². The summed E-state index contributed by atoms with van der Waals surface area (Å²) < 4.78 is 6.55. The summed E-state index contributed by atoms with van der Waals surface area (Å²) >= 11 is 0. The van der Waals surface area contributed by atoms with Crippen molar-refractivity contribution in [3.05, 3.63) is 106 Å². The standard InChI is InChI=1S/C28H30O/c1-18-15-24(16-19(2)20(18)3)28-27-23(13-14-29-28)17-22-11-7-8-12-25(22)26(27)21-9-5-4-6-10-21/h4-12,15-16,23,26-28H,13-14,17H2,1-3H3/t23-,26+,27+,28+/m0/s1. The molecule has 0 aromatic heterocycles. The zero-order chi connectivity index (χ0) is 20.0. The van der Waals surface area contributed by atoms with Crippen LogP contribution >= 0.6 is 0 Å². The average Bonchev–Trinajstić information content (AvgIpc) is 2.75. The lowest BCUT2D eigenvalue weighted by molar-refractivity contribution is -0.0686. The van der Waals surface area contributed by atoms with Gasteiger partial charge in [-0.2, -0.15) is 0 Å². The van der Waals surface area contributed by atoms with E-state index in [1.54, 1.807) is 0 Å². The lowest BCUT2D eigenvalue weighted by Crippen LogP contribution is -2.40. The molecule has 4 atom stereocenters. The number of aryl methyl sites for hydroxylation is 2. The summed E-state index contributed by atoms with van der Waals surface area (Å²) in [5, 5.41) is 0. The van der Waals surface area contributed by atoms with Gasteiger partial charge in [-0.15, -0.1) is 0 Å². The summed E-state index contributed by atoms with van der Waals surface area (Å²) in [5.74, 6) is 1.52. The van der Waals surface area contributed by atoms with Crippen molar-refractivity contribution in [1.82, 2.24) is 0 Å². The second-order valence-corrected chi connectivity index (χ2v) is 8.99. The van der Waals surface area contributed by atoms with E-state index in [9.17, 15) is 0 Å². The SMILES string of the molecule is Cc1cc([C@H]2OCC[C@H]3Cc4ccccc4[C@@H](c4ccccc4)[C@@H]32)cc(C)c1C. The zero-order valence-electron chi connectivity index (χ0n) is 17.7. The van der Waals surface area contributed by atoms with Crippen LogP contribution in [0.5, 0.6) is 0 Å². The van der Waals surface area contributed by atoms with Crippen molar-refractivity contribution in [3.8, 4) is 0 Å². The molecule has 5 rings (SSSR count). The van der Waals surface area contributed by atoms with Crippen LogP contribution < -0.4 is 0 Å². The van der Waals surface area contributed by atoms with Crippen molar-refractivity contribution in [2.75, 3.05) is 6.61 Å². The Morgan fingerprint density at radius 2 is 1.48 bits per heavy atom. The minimum absolute atomic E-state index is 0.158. The Bertz CT molecular complexity index is 996. The summed E-state index contributed by atoms with van der Waals surface area (Å²) in [4.78, 5) is 0. The van der Waals surface area contributed by atoms with E-state index < -0.39 is 0 Å². The topological polar surface area (TPSA) is 9.23 Å². The van der Waals surface area contributed by atoms with Crippen LogP contribution in [0.3, 0.4) is 0 Å². The van der Waals surface area contributed by atoms with Crippen LogP contribution in [-0.2, 0) is 11.2 Å². The van der Waals surface area contributed by atoms with Gasteiger partial charge in [-0.05, 0) is 78.5 Å². The maximum absolute atomic E-state index is 6.55. The van der Waals surface area contributed by atoms with E-state index in [2.05, 4.69) is 87.5 Å². The molecule has 0 radical (unpaired) electrons. The van der Waals surface area contributed by atoms with Crippen molar-refractivity contribution in [2.24, 2.45) is 11.8 Å². The Morgan fingerprint density at radius 3 is 2.24 bits per heavy atom. The molecular weight excluding hydrogens is 352 g/mol. The molecule has 0 amide bonds. The second-order valence-electron chi connectivity index (χ2n) is 8.99. The molecule has 1 fully saturated rings. The molecule has 1 aliphatic heterocycles. The van der Waals surface area contributed by atoms with Gasteiger partial charge in [0.15, 0.2) is 0 Å². The summed E-state index contributed by atoms with van der Waals surface area (Å²) in [5.41, 5.74) is 9.95. The fourth-order valence-corrected chi connectivity index (χ4v) is 5.71. The normalized spacial score (nSPS) is 25.9. The predicted octanol–water partition coefficient (Wildman–Crippen LogP) is 6.69. The first-order chi connectivity index (χ1) is 14.1. The van der Waals surface area contributed by atoms with Crippen LogP contribution in [-0.4, -0.2) is 6.61 Å². The maximum atomic E-state index is 6.55. The number of hydrogen-bond acceptors (Lipinski definition) is 1. The molecule has 0 N–H and O–H groups in total. The van der Waals surface area contributed by atoms with Crippen LogP contribution in [0, 0.1) is 32.6 Å². The van der Waals surface area contributed by atoms with Gasteiger partial charge in [0.25, 0.3) is 0 Å². The molecule has 1 nitrogen and oxygen atoms in total. The van der Waals surface area contributed by atoms with Gasteiger partial charge in [-0.1, -0.05) is 66.7 Å². The van der Waals surface area contributed by atoms with Gasteiger partial charge in [0.2, 0.25) is 0 Å². The zero-order valence-corrected chi connectivity index (χ0v) is 17.7. The van der Waals surface area contributed by atoms with E-state index in [4.69, 9.17) is 4.74 Å². The molecule has 148 valence electrons. The first-order valence-electron chi connectivity index (χ1n) is 11.0. The molecule has 2 aliphatic rings. The Balaban J connectivity index is 1.66. The fraction of sp³-hybridized carbons (Fsp3) is 0.357. The third-order valence-electron chi connectivity index (χ3n) is 7.37. The second kappa shape index (κ2) is 7.46. The minimum Gasteiger partial charge on any atom is -0.373 e. The fourth-order valence-electron chi connectivity index (χ4n) is 5.71. The predicted molar refractivity (Wildman–Crippen MR) is 119 cm³/mol. The third-order valence-corrected chi connectivity index (χ3v) is 7.37. The van der Waals surface area contributed by atoms with Gasteiger partial charge in [0.05, 0.1) is 6.10 Å². The van der Waals surface area contributed by atoms with Crippen molar-refractivity contribution >= 4 is 0 Å². The number of rotatable bonds is 2. The van der Waals surface area contributed by atoms with Crippen LogP contribution in [0.2, 0.25) is 0 Å². The highest BCUT2D eigenvalue weighted by molar-refractivity contribution is 5.44. The van der Waals surface area contributed by atoms with E-state index in [-0.39, 0.29) is 6.10 Å². The molecule has 3 aromatic carbocycles. The van der Waals surface area contributed by atoms with Gasteiger partial charge in [-0.3, -0.25) is 0 Å². The van der Waals surface area contributed by atoms with Crippen molar-refractivity contribution in [1.29, 1.82) is 0 Å². The monoisotopic (exact) mass is 382 g/mol. The molecule has 0 unspecified atom stereocenters. The Kier molecular flexibility index (Phi) is 4.80. The van der Waals surface area contributed by atoms with Crippen molar-refractivity contribution in [3.63, 3.8) is 0 Å². The van der Waals surface area contributed by atoms with Crippen molar-refractivity contribution < 1.29 is 4.74 Å². The number of benzene rings is 3. The maximum Gasteiger partial charge on any atom is 0.0865 e. The first-order valence-corrected chi connectivity index (χ1v) is 11.0. The van der Waals surface area contributed by atoms with Gasteiger partial charge < -0.3 is 4.74 Å². The summed E-state index contributed by atoms with van der Waals surface area (Å²) in [6.45, 7) is 7.55. The van der Waals surface area contributed by atoms with Crippen LogP contribution in [0.1, 0.15) is 57.4 Å². The largest absolute Gasteiger partial charge is 0.373 e. The lowest BCUT2D eigenvalue weighted by Gasteiger charge is -2.47. The van der Waals surface area contributed by atoms with Crippen LogP contribution in [0.25, 0.3) is 0 Å². The molecular formula is C28H30O. The Labute approximate surface area is 174 Å². The van der Waals surface area contributed by atoms with E-state index in [1.165, 1.54) is 45.4 Å². The van der Waals surface area contributed by atoms with Crippen molar-refractivity contribution in [2.45, 2.75) is 45.6 Å².